The van der Waals surface area contributed by atoms with Crippen LogP contribution < -0.4 is 4.74 Å². The predicted octanol–water partition coefficient (Wildman–Crippen LogP) is 2.45. The Labute approximate surface area is 97.5 Å². The highest BCUT2D eigenvalue weighted by molar-refractivity contribution is 5.79. The van der Waals surface area contributed by atoms with Crippen LogP contribution in [0.5, 0.6) is 11.8 Å². The molecule has 0 saturated heterocycles. The zero-order valence-corrected chi connectivity index (χ0v) is 9.21. The third kappa shape index (κ3) is 1.94. The van der Waals surface area contributed by atoms with E-state index in [9.17, 15) is 0 Å². The van der Waals surface area contributed by atoms with E-state index in [0.717, 1.165) is 16.6 Å². The molecular weight excluding hydrogens is 216 g/mol. The number of ether oxygens (including phenoxy) is 1. The fourth-order valence-electron chi connectivity index (χ4n) is 1.56. The minimum atomic E-state index is 0.351. The lowest BCUT2D eigenvalue weighted by Gasteiger charge is -2.03. The van der Waals surface area contributed by atoms with Crippen LogP contribution in [0.15, 0.2) is 36.7 Å². The maximum atomic E-state index is 5.57. The number of nitrogens with one attached hydrogen (secondary N) is 1. The van der Waals surface area contributed by atoms with Gasteiger partial charge in [-0.3, -0.25) is 5.10 Å². The van der Waals surface area contributed by atoms with E-state index in [1.807, 2.05) is 31.2 Å². The van der Waals surface area contributed by atoms with Crippen molar-refractivity contribution in [1.29, 1.82) is 0 Å². The quantitative estimate of drug-likeness (QED) is 0.729. The molecule has 0 amide bonds. The maximum Gasteiger partial charge on any atom is 0.322 e. The van der Waals surface area contributed by atoms with Gasteiger partial charge < -0.3 is 4.74 Å². The highest BCUT2D eigenvalue weighted by Gasteiger charge is 2.02. The Morgan fingerprint density at radius 3 is 3.06 bits per heavy atom. The molecule has 0 fully saturated rings. The Bertz CT molecular complexity index is 662. The Kier molecular flexibility index (Phi) is 2.22. The Balaban J connectivity index is 1.94. The van der Waals surface area contributed by atoms with Crippen LogP contribution in [0, 0.1) is 6.92 Å². The molecule has 2 aromatic heterocycles. The van der Waals surface area contributed by atoms with Gasteiger partial charge in [-0.2, -0.15) is 5.10 Å². The van der Waals surface area contributed by atoms with Gasteiger partial charge in [-0.15, -0.1) is 0 Å². The summed E-state index contributed by atoms with van der Waals surface area (Å²) in [5.74, 6) is 0.687. The number of hydrogen-bond acceptors (Lipinski definition) is 4. The second-order valence-electron chi connectivity index (χ2n) is 3.70. The average Bonchev–Trinajstić information content (AvgIpc) is 2.76. The standard InChI is InChI=1S/C12H10N4O/c1-8-4-5-13-12(15-8)17-10-3-2-9-7-14-16-11(9)6-10/h2-7H,1H3,(H,14,16). The molecule has 0 aliphatic rings. The lowest BCUT2D eigenvalue weighted by atomic mass is 10.2. The minimum Gasteiger partial charge on any atom is -0.424 e. The average molecular weight is 226 g/mol. The smallest absolute Gasteiger partial charge is 0.322 e. The maximum absolute atomic E-state index is 5.57. The molecule has 17 heavy (non-hydrogen) atoms. The normalized spacial score (nSPS) is 10.6. The van der Waals surface area contributed by atoms with E-state index in [4.69, 9.17) is 4.74 Å². The third-order valence-electron chi connectivity index (χ3n) is 2.40. The number of nitrogens with zero attached hydrogens (tertiary/aromatic N) is 3. The molecule has 3 rings (SSSR count). The van der Waals surface area contributed by atoms with Gasteiger partial charge in [0, 0.05) is 23.3 Å². The predicted molar refractivity (Wildman–Crippen MR) is 62.9 cm³/mol. The molecule has 2 heterocycles. The number of aryl methyl sites for hydroxylation is 1. The lowest BCUT2D eigenvalue weighted by Crippen LogP contribution is -1.92. The molecule has 0 spiro atoms. The number of benzene rings is 1. The van der Waals surface area contributed by atoms with Crippen molar-refractivity contribution in [2.45, 2.75) is 6.92 Å². The second kappa shape index (κ2) is 3.86. The van der Waals surface area contributed by atoms with Crippen molar-refractivity contribution in [1.82, 2.24) is 20.2 Å². The number of aromatic nitrogens is 4. The molecule has 0 bridgehead atoms. The van der Waals surface area contributed by atoms with Gasteiger partial charge in [0.05, 0.1) is 11.7 Å². The van der Waals surface area contributed by atoms with Gasteiger partial charge in [-0.05, 0) is 25.1 Å². The monoisotopic (exact) mass is 226 g/mol. The molecule has 1 N–H and O–H groups in total. The highest BCUT2D eigenvalue weighted by atomic mass is 16.5. The first-order valence-electron chi connectivity index (χ1n) is 5.22. The summed E-state index contributed by atoms with van der Waals surface area (Å²) in [6, 6.07) is 7.84. The van der Waals surface area contributed by atoms with Gasteiger partial charge in [-0.25, -0.2) is 9.97 Å². The van der Waals surface area contributed by atoms with Crippen molar-refractivity contribution in [3.05, 3.63) is 42.4 Å². The summed E-state index contributed by atoms with van der Waals surface area (Å²) in [6.07, 6.45) is 3.44. The Morgan fingerprint density at radius 1 is 1.24 bits per heavy atom. The van der Waals surface area contributed by atoms with Gasteiger partial charge in [-0.1, -0.05) is 0 Å². The second-order valence-corrected chi connectivity index (χ2v) is 3.70. The molecule has 0 aliphatic heterocycles. The zero-order valence-electron chi connectivity index (χ0n) is 9.21. The van der Waals surface area contributed by atoms with Crippen molar-refractivity contribution >= 4 is 10.9 Å². The molecule has 0 unspecified atom stereocenters. The van der Waals surface area contributed by atoms with E-state index >= 15 is 0 Å². The Hall–Kier alpha value is -2.43. The summed E-state index contributed by atoms with van der Waals surface area (Å²) in [6.45, 7) is 1.90. The van der Waals surface area contributed by atoms with Crippen LogP contribution in [0.2, 0.25) is 0 Å². The molecule has 84 valence electrons. The van der Waals surface area contributed by atoms with Crippen molar-refractivity contribution in [3.8, 4) is 11.8 Å². The zero-order chi connectivity index (χ0) is 11.7. The van der Waals surface area contributed by atoms with Gasteiger partial charge in [0.15, 0.2) is 0 Å². The fourth-order valence-corrected chi connectivity index (χ4v) is 1.56. The lowest BCUT2D eigenvalue weighted by molar-refractivity contribution is 0.441. The number of hydrogen-bond donors (Lipinski definition) is 1. The van der Waals surface area contributed by atoms with Gasteiger partial charge in [0.2, 0.25) is 0 Å². The van der Waals surface area contributed by atoms with Crippen molar-refractivity contribution < 1.29 is 4.74 Å². The summed E-state index contributed by atoms with van der Waals surface area (Å²) in [5, 5.41) is 7.88. The van der Waals surface area contributed by atoms with Gasteiger partial charge >= 0.3 is 6.01 Å². The largest absolute Gasteiger partial charge is 0.424 e. The number of aromatic amines is 1. The summed E-state index contributed by atoms with van der Waals surface area (Å²) in [7, 11) is 0. The van der Waals surface area contributed by atoms with E-state index < -0.39 is 0 Å². The summed E-state index contributed by atoms with van der Waals surface area (Å²) in [4.78, 5) is 8.22. The first-order valence-corrected chi connectivity index (χ1v) is 5.22. The summed E-state index contributed by atoms with van der Waals surface area (Å²) in [5.41, 5.74) is 1.80. The summed E-state index contributed by atoms with van der Waals surface area (Å²) >= 11 is 0. The van der Waals surface area contributed by atoms with Gasteiger partial charge in [0.1, 0.15) is 5.75 Å². The molecule has 3 aromatic rings. The molecule has 5 heteroatoms. The minimum absolute atomic E-state index is 0.351. The van der Waals surface area contributed by atoms with Crippen LogP contribution in [0.1, 0.15) is 5.69 Å². The third-order valence-corrected chi connectivity index (χ3v) is 2.40. The number of H-pyrrole nitrogens is 1. The van der Waals surface area contributed by atoms with Crippen LogP contribution in [0.4, 0.5) is 0 Å². The molecule has 0 aliphatic carbocycles. The van der Waals surface area contributed by atoms with Gasteiger partial charge in [0.25, 0.3) is 0 Å². The molecular formula is C12H10N4O. The van der Waals surface area contributed by atoms with Crippen LogP contribution in [0.3, 0.4) is 0 Å². The highest BCUT2D eigenvalue weighted by Crippen LogP contribution is 2.22. The summed E-state index contributed by atoms with van der Waals surface area (Å²) < 4.78 is 5.57. The molecule has 0 atom stereocenters. The number of rotatable bonds is 2. The van der Waals surface area contributed by atoms with Crippen LogP contribution in [-0.2, 0) is 0 Å². The van der Waals surface area contributed by atoms with E-state index in [2.05, 4.69) is 20.2 Å². The van der Waals surface area contributed by atoms with Crippen LogP contribution >= 0.6 is 0 Å². The topological polar surface area (TPSA) is 63.7 Å². The molecule has 0 radical (unpaired) electrons. The van der Waals surface area contributed by atoms with E-state index in [1.165, 1.54) is 0 Å². The van der Waals surface area contributed by atoms with E-state index in [1.54, 1.807) is 12.4 Å². The van der Waals surface area contributed by atoms with E-state index in [-0.39, 0.29) is 0 Å². The van der Waals surface area contributed by atoms with Crippen LogP contribution in [0.25, 0.3) is 10.9 Å². The molecule has 0 saturated carbocycles. The Morgan fingerprint density at radius 2 is 2.18 bits per heavy atom. The SMILES string of the molecule is Cc1ccnc(Oc2ccc3cn[nH]c3c2)n1. The van der Waals surface area contributed by atoms with Crippen molar-refractivity contribution in [2.75, 3.05) is 0 Å². The van der Waals surface area contributed by atoms with E-state index in [0.29, 0.717) is 11.8 Å². The molecule has 1 aromatic carbocycles. The van der Waals surface area contributed by atoms with Crippen molar-refractivity contribution in [3.63, 3.8) is 0 Å². The first-order chi connectivity index (χ1) is 8.31. The van der Waals surface area contributed by atoms with Crippen LogP contribution in [-0.4, -0.2) is 20.2 Å². The first kappa shape index (κ1) is 9.77. The molecule has 5 nitrogen and oxygen atoms in total. The fraction of sp³-hybridized carbons (Fsp3) is 0.0833. The number of fused-ring (bicyclic) bond motifs is 1. The van der Waals surface area contributed by atoms with Crippen molar-refractivity contribution in [2.24, 2.45) is 0 Å².